The van der Waals surface area contributed by atoms with Crippen LogP contribution in [-0.2, 0) is 6.42 Å². The first-order valence-corrected chi connectivity index (χ1v) is 5.98. The SMILES string of the molecule is CCSCC(O)Cc1cc(F)cc(F)c1. The van der Waals surface area contributed by atoms with Crippen molar-refractivity contribution in [2.45, 2.75) is 19.4 Å². The lowest BCUT2D eigenvalue weighted by molar-refractivity contribution is 0.200. The van der Waals surface area contributed by atoms with Crippen LogP contribution in [0.2, 0.25) is 0 Å². The predicted octanol–water partition coefficient (Wildman–Crippen LogP) is 2.62. The zero-order valence-corrected chi connectivity index (χ0v) is 9.36. The molecule has 0 aliphatic heterocycles. The zero-order valence-electron chi connectivity index (χ0n) is 8.54. The van der Waals surface area contributed by atoms with Crippen LogP contribution < -0.4 is 0 Å². The minimum absolute atomic E-state index is 0.293. The van der Waals surface area contributed by atoms with E-state index in [0.717, 1.165) is 11.8 Å². The molecule has 0 aliphatic rings. The van der Waals surface area contributed by atoms with Gasteiger partial charge in [-0.2, -0.15) is 11.8 Å². The first-order valence-electron chi connectivity index (χ1n) is 4.82. The normalized spacial score (nSPS) is 12.8. The molecule has 1 atom stereocenters. The molecule has 1 nitrogen and oxygen atoms in total. The highest BCUT2D eigenvalue weighted by molar-refractivity contribution is 7.99. The maximum atomic E-state index is 12.8. The molecule has 1 N–H and O–H groups in total. The third kappa shape index (κ3) is 4.62. The van der Waals surface area contributed by atoms with Gasteiger partial charge in [0.25, 0.3) is 0 Å². The van der Waals surface area contributed by atoms with E-state index in [9.17, 15) is 13.9 Å². The molecular formula is C11H14F2OS. The Morgan fingerprint density at radius 3 is 2.40 bits per heavy atom. The molecule has 0 fully saturated rings. The fraction of sp³-hybridized carbons (Fsp3) is 0.455. The van der Waals surface area contributed by atoms with Crippen LogP contribution in [0.5, 0.6) is 0 Å². The summed E-state index contributed by atoms with van der Waals surface area (Å²) >= 11 is 1.61. The average molecular weight is 232 g/mol. The van der Waals surface area contributed by atoms with Gasteiger partial charge in [-0.1, -0.05) is 6.92 Å². The number of hydrogen-bond donors (Lipinski definition) is 1. The molecule has 1 aromatic carbocycles. The molecule has 4 heteroatoms. The summed E-state index contributed by atoms with van der Waals surface area (Å²) in [5.74, 6) is 0.323. The number of halogens is 2. The van der Waals surface area contributed by atoms with Crippen LogP contribution in [0, 0.1) is 11.6 Å². The van der Waals surface area contributed by atoms with E-state index in [-0.39, 0.29) is 0 Å². The van der Waals surface area contributed by atoms with Gasteiger partial charge in [-0.05, 0) is 29.9 Å². The summed E-state index contributed by atoms with van der Waals surface area (Å²) in [5.41, 5.74) is 0.497. The van der Waals surface area contributed by atoms with Crippen molar-refractivity contribution in [1.82, 2.24) is 0 Å². The van der Waals surface area contributed by atoms with Gasteiger partial charge >= 0.3 is 0 Å². The largest absolute Gasteiger partial charge is 0.392 e. The topological polar surface area (TPSA) is 20.2 Å². The second-order valence-electron chi connectivity index (χ2n) is 3.30. The van der Waals surface area contributed by atoms with Crippen molar-refractivity contribution in [1.29, 1.82) is 0 Å². The highest BCUT2D eigenvalue weighted by Crippen LogP contribution is 2.12. The maximum absolute atomic E-state index is 12.8. The van der Waals surface area contributed by atoms with Gasteiger partial charge in [0.05, 0.1) is 6.10 Å². The third-order valence-electron chi connectivity index (χ3n) is 1.91. The molecule has 0 bridgehead atoms. The monoisotopic (exact) mass is 232 g/mol. The molecule has 0 amide bonds. The lowest BCUT2D eigenvalue weighted by atomic mass is 10.1. The maximum Gasteiger partial charge on any atom is 0.126 e. The molecule has 0 heterocycles. The summed E-state index contributed by atoms with van der Waals surface area (Å²) in [5, 5.41) is 9.55. The Morgan fingerprint density at radius 1 is 1.27 bits per heavy atom. The van der Waals surface area contributed by atoms with E-state index < -0.39 is 17.7 Å². The van der Waals surface area contributed by atoms with E-state index in [2.05, 4.69) is 0 Å². The number of aliphatic hydroxyl groups excluding tert-OH is 1. The fourth-order valence-electron chi connectivity index (χ4n) is 1.31. The number of aliphatic hydroxyl groups is 1. The first-order chi connectivity index (χ1) is 7.11. The van der Waals surface area contributed by atoms with Gasteiger partial charge < -0.3 is 5.11 Å². The van der Waals surface area contributed by atoms with Gasteiger partial charge in [0.2, 0.25) is 0 Å². The highest BCUT2D eigenvalue weighted by Gasteiger charge is 2.07. The molecule has 84 valence electrons. The van der Waals surface area contributed by atoms with Crippen molar-refractivity contribution in [2.75, 3.05) is 11.5 Å². The Morgan fingerprint density at radius 2 is 1.87 bits per heavy atom. The van der Waals surface area contributed by atoms with Crippen LogP contribution in [-0.4, -0.2) is 22.7 Å². The lowest BCUT2D eigenvalue weighted by Crippen LogP contribution is -2.14. The van der Waals surface area contributed by atoms with E-state index in [1.807, 2.05) is 6.92 Å². The molecule has 0 spiro atoms. The standard InChI is InChI=1S/C11H14F2OS/c1-2-15-7-11(14)5-8-3-9(12)6-10(13)4-8/h3-4,6,11,14H,2,5,7H2,1H3. The summed E-state index contributed by atoms with van der Waals surface area (Å²) in [6.07, 6.45) is -0.252. The molecule has 0 aromatic heterocycles. The average Bonchev–Trinajstić information content (AvgIpc) is 2.13. The first kappa shape index (κ1) is 12.5. The number of hydrogen-bond acceptors (Lipinski definition) is 2. The minimum atomic E-state index is -0.597. The van der Waals surface area contributed by atoms with Crippen molar-refractivity contribution in [3.63, 3.8) is 0 Å². The van der Waals surface area contributed by atoms with Crippen LogP contribution in [0.4, 0.5) is 8.78 Å². The van der Waals surface area contributed by atoms with Crippen LogP contribution in [0.25, 0.3) is 0 Å². The molecule has 0 saturated carbocycles. The van der Waals surface area contributed by atoms with Crippen LogP contribution in [0.3, 0.4) is 0 Å². The van der Waals surface area contributed by atoms with E-state index in [4.69, 9.17) is 0 Å². The Hall–Kier alpha value is -0.610. The van der Waals surface area contributed by atoms with E-state index in [1.165, 1.54) is 12.1 Å². The van der Waals surface area contributed by atoms with Crippen molar-refractivity contribution < 1.29 is 13.9 Å². The summed E-state index contributed by atoms with van der Waals surface area (Å²) < 4.78 is 25.6. The molecule has 0 radical (unpaired) electrons. The second-order valence-corrected chi connectivity index (χ2v) is 4.61. The van der Waals surface area contributed by atoms with Gasteiger partial charge in [-0.3, -0.25) is 0 Å². The van der Waals surface area contributed by atoms with Gasteiger partial charge in [-0.15, -0.1) is 0 Å². The zero-order chi connectivity index (χ0) is 11.3. The molecule has 1 rings (SSSR count). The van der Waals surface area contributed by atoms with Crippen LogP contribution in [0.1, 0.15) is 12.5 Å². The van der Waals surface area contributed by atoms with Crippen LogP contribution in [0.15, 0.2) is 18.2 Å². The number of thioether (sulfide) groups is 1. The Labute approximate surface area is 92.5 Å². The quantitative estimate of drug-likeness (QED) is 0.842. The molecule has 0 aliphatic carbocycles. The minimum Gasteiger partial charge on any atom is -0.392 e. The van der Waals surface area contributed by atoms with Gasteiger partial charge in [0, 0.05) is 11.8 Å². The van der Waals surface area contributed by atoms with Gasteiger partial charge in [-0.25, -0.2) is 8.78 Å². The van der Waals surface area contributed by atoms with Gasteiger partial charge in [0.15, 0.2) is 0 Å². The lowest BCUT2D eigenvalue weighted by Gasteiger charge is -2.09. The Bertz CT molecular complexity index is 297. The van der Waals surface area contributed by atoms with Crippen molar-refractivity contribution in [2.24, 2.45) is 0 Å². The third-order valence-corrected chi connectivity index (χ3v) is 2.94. The fourth-order valence-corrected chi connectivity index (χ4v) is 1.94. The highest BCUT2D eigenvalue weighted by atomic mass is 32.2. The summed E-state index contributed by atoms with van der Waals surface area (Å²) in [4.78, 5) is 0. The molecule has 1 aromatic rings. The summed E-state index contributed by atoms with van der Waals surface area (Å²) in [6, 6.07) is 3.34. The van der Waals surface area contributed by atoms with Gasteiger partial charge in [0.1, 0.15) is 11.6 Å². The van der Waals surface area contributed by atoms with Crippen molar-refractivity contribution in [3.05, 3.63) is 35.4 Å². The Kier molecular flexibility index (Phi) is 5.05. The van der Waals surface area contributed by atoms with E-state index >= 15 is 0 Å². The predicted molar refractivity (Wildman–Crippen MR) is 59.1 cm³/mol. The second kappa shape index (κ2) is 6.08. The van der Waals surface area contributed by atoms with E-state index in [1.54, 1.807) is 11.8 Å². The Balaban J connectivity index is 2.56. The van der Waals surface area contributed by atoms with E-state index in [0.29, 0.717) is 17.7 Å². The molecule has 1 unspecified atom stereocenters. The van der Waals surface area contributed by atoms with Crippen LogP contribution >= 0.6 is 11.8 Å². The smallest absolute Gasteiger partial charge is 0.126 e. The molecule has 0 saturated heterocycles. The number of benzene rings is 1. The summed E-state index contributed by atoms with van der Waals surface area (Å²) in [7, 11) is 0. The summed E-state index contributed by atoms with van der Waals surface area (Å²) in [6.45, 7) is 2.00. The number of rotatable bonds is 5. The van der Waals surface area contributed by atoms with Crippen molar-refractivity contribution in [3.8, 4) is 0 Å². The molecular weight excluding hydrogens is 218 g/mol. The van der Waals surface area contributed by atoms with Crippen molar-refractivity contribution >= 4 is 11.8 Å². The molecule has 15 heavy (non-hydrogen) atoms.